The van der Waals surface area contributed by atoms with Gasteiger partial charge >= 0.3 is 0 Å². The van der Waals surface area contributed by atoms with Crippen LogP contribution in [0.4, 0.5) is 0 Å². The predicted molar refractivity (Wildman–Crippen MR) is 56.4 cm³/mol. The fraction of sp³-hybridized carbons (Fsp3) is 0.818. The quantitative estimate of drug-likeness (QED) is 0.456. The molecule has 0 spiro atoms. The van der Waals surface area contributed by atoms with Crippen LogP contribution in [0, 0.1) is 0 Å². The highest BCUT2D eigenvalue weighted by atomic mass is 14.9. The Morgan fingerprint density at radius 2 is 2.00 bits per heavy atom. The lowest BCUT2D eigenvalue weighted by Gasteiger charge is -2.07. The topological polar surface area (TPSA) is 12.0 Å². The maximum Gasteiger partial charge on any atom is 0.00103 e. The maximum atomic E-state index is 3.99. The number of hydrogen-bond donors (Lipinski definition) is 1. The van der Waals surface area contributed by atoms with Gasteiger partial charge in [0, 0.05) is 6.04 Å². The second kappa shape index (κ2) is 7.35. The first-order chi connectivity index (χ1) is 5.66. The molecule has 0 unspecified atom stereocenters. The Bertz CT molecular complexity index is 116. The molecule has 0 rings (SSSR count). The third-order valence-corrected chi connectivity index (χ3v) is 2.01. The number of rotatable bonds is 7. The van der Waals surface area contributed by atoms with E-state index >= 15 is 0 Å². The molecular weight excluding hydrogens is 146 g/mol. The number of unbranched alkanes of at least 4 members (excludes halogenated alkanes) is 1. The van der Waals surface area contributed by atoms with Crippen molar-refractivity contribution in [3.8, 4) is 0 Å². The Hall–Kier alpha value is -0.300. The molecule has 0 fully saturated rings. The van der Waals surface area contributed by atoms with Crippen LogP contribution >= 0.6 is 0 Å². The molecule has 0 aliphatic rings. The van der Waals surface area contributed by atoms with Crippen molar-refractivity contribution >= 4 is 0 Å². The summed E-state index contributed by atoms with van der Waals surface area (Å²) in [7, 11) is 0. The van der Waals surface area contributed by atoms with E-state index in [0.717, 1.165) is 13.0 Å². The van der Waals surface area contributed by atoms with E-state index in [0.29, 0.717) is 6.04 Å². The van der Waals surface area contributed by atoms with Crippen LogP contribution < -0.4 is 5.32 Å². The molecule has 0 atom stereocenters. The smallest absolute Gasteiger partial charge is 0.00103 e. The number of allylic oxidation sites excluding steroid dienone is 1. The number of hydrogen-bond acceptors (Lipinski definition) is 1. The maximum absolute atomic E-state index is 3.99. The highest BCUT2D eigenvalue weighted by Gasteiger charge is 1.93. The van der Waals surface area contributed by atoms with Gasteiger partial charge in [-0.3, -0.25) is 0 Å². The highest BCUT2D eigenvalue weighted by Crippen LogP contribution is 2.07. The summed E-state index contributed by atoms with van der Waals surface area (Å²) in [6.07, 6.45) is 4.90. The van der Waals surface area contributed by atoms with Crippen molar-refractivity contribution in [3.63, 3.8) is 0 Å². The van der Waals surface area contributed by atoms with Crippen molar-refractivity contribution in [3.05, 3.63) is 12.2 Å². The van der Waals surface area contributed by atoms with Gasteiger partial charge in [-0.1, -0.05) is 32.9 Å². The van der Waals surface area contributed by atoms with E-state index in [1.165, 1.54) is 24.8 Å². The summed E-state index contributed by atoms with van der Waals surface area (Å²) in [5, 5.41) is 3.41. The van der Waals surface area contributed by atoms with E-state index < -0.39 is 0 Å². The summed E-state index contributed by atoms with van der Waals surface area (Å²) >= 11 is 0. The van der Waals surface area contributed by atoms with Crippen molar-refractivity contribution in [2.45, 2.75) is 52.5 Å². The van der Waals surface area contributed by atoms with Crippen molar-refractivity contribution in [2.24, 2.45) is 0 Å². The van der Waals surface area contributed by atoms with Gasteiger partial charge in [-0.25, -0.2) is 0 Å². The first-order valence-corrected chi connectivity index (χ1v) is 5.06. The van der Waals surface area contributed by atoms with Gasteiger partial charge in [-0.15, -0.1) is 0 Å². The molecule has 0 aromatic carbocycles. The minimum atomic E-state index is 0.624. The van der Waals surface area contributed by atoms with Crippen molar-refractivity contribution in [1.82, 2.24) is 5.32 Å². The van der Waals surface area contributed by atoms with Crippen molar-refractivity contribution < 1.29 is 0 Å². The summed E-state index contributed by atoms with van der Waals surface area (Å²) in [5.74, 6) is 0. The molecule has 0 radical (unpaired) electrons. The second-order valence-corrected chi connectivity index (χ2v) is 3.67. The first kappa shape index (κ1) is 11.7. The van der Waals surface area contributed by atoms with E-state index in [-0.39, 0.29) is 0 Å². The van der Waals surface area contributed by atoms with Crippen molar-refractivity contribution in [1.29, 1.82) is 0 Å². The minimum absolute atomic E-state index is 0.624. The Labute approximate surface area is 77.2 Å². The molecule has 0 aliphatic heterocycles. The van der Waals surface area contributed by atoms with E-state index in [1.807, 2.05) is 0 Å². The number of nitrogens with one attached hydrogen (secondary N) is 1. The van der Waals surface area contributed by atoms with Crippen LogP contribution in [-0.2, 0) is 0 Å². The van der Waals surface area contributed by atoms with E-state index in [4.69, 9.17) is 0 Å². The zero-order valence-corrected chi connectivity index (χ0v) is 8.82. The van der Waals surface area contributed by atoms with Crippen molar-refractivity contribution in [2.75, 3.05) is 6.54 Å². The zero-order valence-electron chi connectivity index (χ0n) is 8.82. The molecule has 1 heteroatoms. The molecule has 0 bridgehead atoms. The highest BCUT2D eigenvalue weighted by molar-refractivity contribution is 4.91. The van der Waals surface area contributed by atoms with E-state index in [9.17, 15) is 0 Å². The predicted octanol–water partition coefficient (Wildman–Crippen LogP) is 3.12. The average Bonchev–Trinajstić information content (AvgIpc) is 2.03. The van der Waals surface area contributed by atoms with Gasteiger partial charge < -0.3 is 5.32 Å². The molecule has 1 nitrogen and oxygen atoms in total. The van der Waals surface area contributed by atoms with Gasteiger partial charge in [0.25, 0.3) is 0 Å². The minimum Gasteiger partial charge on any atom is -0.315 e. The van der Waals surface area contributed by atoms with E-state index in [1.54, 1.807) is 0 Å². The third kappa shape index (κ3) is 7.80. The van der Waals surface area contributed by atoms with Crippen LogP contribution in [0.2, 0.25) is 0 Å². The van der Waals surface area contributed by atoms with Crippen LogP contribution in [0.1, 0.15) is 46.5 Å². The van der Waals surface area contributed by atoms with Gasteiger partial charge in [0.05, 0.1) is 0 Å². The lowest BCUT2D eigenvalue weighted by molar-refractivity contribution is 0.556. The molecule has 0 aromatic rings. The normalized spacial score (nSPS) is 10.7. The van der Waals surface area contributed by atoms with Gasteiger partial charge in [0.1, 0.15) is 0 Å². The first-order valence-electron chi connectivity index (χ1n) is 5.06. The van der Waals surface area contributed by atoms with Gasteiger partial charge in [0.2, 0.25) is 0 Å². The zero-order chi connectivity index (χ0) is 9.40. The summed E-state index contributed by atoms with van der Waals surface area (Å²) < 4.78 is 0. The van der Waals surface area contributed by atoms with Gasteiger partial charge in [-0.05, 0) is 32.2 Å². The fourth-order valence-corrected chi connectivity index (χ4v) is 1.07. The summed E-state index contributed by atoms with van der Waals surface area (Å²) in [5.41, 5.74) is 1.39. The standard InChI is InChI=1S/C11H23N/c1-5-11(4)8-6-7-9-12-10(2)3/h10,12H,4-9H2,1-3H3. The monoisotopic (exact) mass is 169 g/mol. The average molecular weight is 169 g/mol. The van der Waals surface area contributed by atoms with Crippen LogP contribution in [0.5, 0.6) is 0 Å². The Morgan fingerprint density at radius 1 is 1.33 bits per heavy atom. The molecule has 72 valence electrons. The largest absolute Gasteiger partial charge is 0.315 e. The molecule has 0 saturated carbocycles. The molecule has 0 heterocycles. The van der Waals surface area contributed by atoms with Crippen LogP contribution in [0.15, 0.2) is 12.2 Å². The molecule has 0 aliphatic carbocycles. The molecule has 1 N–H and O–H groups in total. The third-order valence-electron chi connectivity index (χ3n) is 2.01. The SMILES string of the molecule is C=C(CC)CCCCNC(C)C. The molecule has 0 saturated heterocycles. The van der Waals surface area contributed by atoms with Crippen LogP contribution in [0.25, 0.3) is 0 Å². The van der Waals surface area contributed by atoms with Crippen LogP contribution in [0.3, 0.4) is 0 Å². The van der Waals surface area contributed by atoms with Gasteiger partial charge in [-0.2, -0.15) is 0 Å². The lowest BCUT2D eigenvalue weighted by atomic mass is 10.1. The molecule has 0 aromatic heterocycles. The fourth-order valence-electron chi connectivity index (χ4n) is 1.07. The van der Waals surface area contributed by atoms with Crippen LogP contribution in [-0.4, -0.2) is 12.6 Å². The molecular formula is C11H23N. The second-order valence-electron chi connectivity index (χ2n) is 3.67. The lowest BCUT2D eigenvalue weighted by Crippen LogP contribution is -2.23. The molecule has 0 amide bonds. The van der Waals surface area contributed by atoms with E-state index in [2.05, 4.69) is 32.7 Å². The summed E-state index contributed by atoms with van der Waals surface area (Å²) in [6, 6.07) is 0.624. The Kier molecular flexibility index (Phi) is 7.17. The molecule has 12 heavy (non-hydrogen) atoms. The Balaban J connectivity index is 3.05. The summed E-state index contributed by atoms with van der Waals surface area (Å²) in [6.45, 7) is 11.7. The Morgan fingerprint density at radius 3 is 2.50 bits per heavy atom. The summed E-state index contributed by atoms with van der Waals surface area (Å²) in [4.78, 5) is 0. The van der Waals surface area contributed by atoms with Gasteiger partial charge in [0.15, 0.2) is 0 Å².